The lowest BCUT2D eigenvalue weighted by molar-refractivity contribution is -0.125. The SMILES string of the molecule is CC12CC3CC(C)(C1)CC(C(=O)c1cnccn1)(C3)C2. The van der Waals surface area contributed by atoms with E-state index in [4.69, 9.17) is 0 Å². The molecule has 0 aromatic carbocycles. The van der Waals surface area contributed by atoms with Gasteiger partial charge in [0.15, 0.2) is 5.78 Å². The van der Waals surface area contributed by atoms with Gasteiger partial charge in [0.25, 0.3) is 0 Å². The number of carbonyl (C=O) groups is 1. The Morgan fingerprint density at radius 2 is 1.80 bits per heavy atom. The zero-order chi connectivity index (χ0) is 14.0. The van der Waals surface area contributed by atoms with Crippen LogP contribution < -0.4 is 0 Å². The molecule has 4 bridgehead atoms. The second-order valence-corrected chi connectivity index (χ2v) is 8.33. The minimum Gasteiger partial charge on any atom is -0.292 e. The lowest BCUT2D eigenvalue weighted by atomic mass is 9.39. The third-order valence-electron chi connectivity index (χ3n) is 5.90. The minimum atomic E-state index is -0.154. The van der Waals surface area contributed by atoms with Crippen LogP contribution in [0.2, 0.25) is 0 Å². The molecule has 0 saturated heterocycles. The zero-order valence-corrected chi connectivity index (χ0v) is 12.4. The van der Waals surface area contributed by atoms with Crippen molar-refractivity contribution >= 4 is 5.78 Å². The number of hydrogen-bond acceptors (Lipinski definition) is 3. The van der Waals surface area contributed by atoms with Gasteiger partial charge in [-0.15, -0.1) is 0 Å². The molecule has 1 aromatic rings. The fourth-order valence-electron chi connectivity index (χ4n) is 6.39. The van der Waals surface area contributed by atoms with Crippen LogP contribution in [0.25, 0.3) is 0 Å². The van der Waals surface area contributed by atoms with Crippen LogP contribution in [0.3, 0.4) is 0 Å². The summed E-state index contributed by atoms with van der Waals surface area (Å²) in [5.74, 6) is 0.994. The average molecular weight is 270 g/mol. The van der Waals surface area contributed by atoms with Crippen LogP contribution in [-0.4, -0.2) is 15.8 Å². The first-order valence-electron chi connectivity index (χ1n) is 7.73. The van der Waals surface area contributed by atoms with E-state index in [2.05, 4.69) is 23.8 Å². The van der Waals surface area contributed by atoms with Gasteiger partial charge in [-0.25, -0.2) is 4.98 Å². The summed E-state index contributed by atoms with van der Waals surface area (Å²) in [6.07, 6.45) is 12.0. The van der Waals surface area contributed by atoms with Crippen molar-refractivity contribution in [3.8, 4) is 0 Å². The fourth-order valence-corrected chi connectivity index (χ4v) is 6.39. The van der Waals surface area contributed by atoms with Crippen molar-refractivity contribution in [2.45, 2.75) is 52.4 Å². The molecule has 1 aromatic heterocycles. The summed E-state index contributed by atoms with van der Waals surface area (Å²) in [5, 5.41) is 0. The molecule has 0 amide bonds. The van der Waals surface area contributed by atoms with Crippen molar-refractivity contribution in [2.24, 2.45) is 22.2 Å². The first-order chi connectivity index (χ1) is 9.42. The number of Topliss-reactive ketones (excluding diaryl/α,β-unsaturated/α-hetero) is 1. The van der Waals surface area contributed by atoms with Crippen LogP contribution in [0, 0.1) is 22.2 Å². The van der Waals surface area contributed by atoms with E-state index in [1.165, 1.54) is 19.3 Å². The summed E-state index contributed by atoms with van der Waals surface area (Å²) in [6, 6.07) is 0. The lowest BCUT2D eigenvalue weighted by Crippen LogP contribution is -2.57. The quantitative estimate of drug-likeness (QED) is 0.770. The highest BCUT2D eigenvalue weighted by Crippen LogP contribution is 2.70. The molecule has 4 aliphatic carbocycles. The topological polar surface area (TPSA) is 42.9 Å². The van der Waals surface area contributed by atoms with Gasteiger partial charge in [-0.2, -0.15) is 0 Å². The van der Waals surface area contributed by atoms with Gasteiger partial charge in [-0.3, -0.25) is 9.78 Å². The Kier molecular flexibility index (Phi) is 2.30. The summed E-state index contributed by atoms with van der Waals surface area (Å²) in [7, 11) is 0. The highest BCUT2D eigenvalue weighted by Gasteiger charge is 2.62. The molecule has 0 aliphatic heterocycles. The number of ketones is 1. The Morgan fingerprint density at radius 3 is 2.35 bits per heavy atom. The molecule has 0 radical (unpaired) electrons. The molecule has 3 nitrogen and oxygen atoms in total. The van der Waals surface area contributed by atoms with Gasteiger partial charge in [0.05, 0.1) is 6.20 Å². The second kappa shape index (κ2) is 3.69. The summed E-state index contributed by atoms with van der Waals surface area (Å²) >= 11 is 0. The summed E-state index contributed by atoms with van der Waals surface area (Å²) in [4.78, 5) is 21.4. The third-order valence-corrected chi connectivity index (χ3v) is 5.90. The molecule has 0 spiro atoms. The van der Waals surface area contributed by atoms with Crippen LogP contribution in [0.1, 0.15) is 62.9 Å². The maximum absolute atomic E-state index is 13.1. The molecular weight excluding hydrogens is 248 g/mol. The molecule has 5 rings (SSSR count). The summed E-state index contributed by atoms with van der Waals surface area (Å²) in [6.45, 7) is 4.79. The van der Waals surface area contributed by atoms with Gasteiger partial charge in [-0.1, -0.05) is 13.8 Å². The number of nitrogens with zero attached hydrogens (tertiary/aromatic N) is 2. The van der Waals surface area contributed by atoms with Crippen molar-refractivity contribution in [2.75, 3.05) is 0 Å². The van der Waals surface area contributed by atoms with Crippen LogP contribution in [0.5, 0.6) is 0 Å². The largest absolute Gasteiger partial charge is 0.292 e. The van der Waals surface area contributed by atoms with Crippen molar-refractivity contribution in [3.05, 3.63) is 24.3 Å². The van der Waals surface area contributed by atoms with Crippen LogP contribution in [-0.2, 0) is 0 Å². The Hall–Kier alpha value is -1.25. The molecule has 3 heteroatoms. The van der Waals surface area contributed by atoms with Gasteiger partial charge < -0.3 is 0 Å². The first-order valence-corrected chi connectivity index (χ1v) is 7.73. The van der Waals surface area contributed by atoms with Gasteiger partial charge in [0.1, 0.15) is 5.69 Å². The van der Waals surface area contributed by atoms with E-state index >= 15 is 0 Å². The highest BCUT2D eigenvalue weighted by molar-refractivity contribution is 5.99. The summed E-state index contributed by atoms with van der Waals surface area (Å²) in [5.41, 5.74) is 1.15. The van der Waals surface area contributed by atoms with E-state index < -0.39 is 0 Å². The third kappa shape index (κ3) is 1.68. The smallest absolute Gasteiger partial charge is 0.188 e. The standard InChI is InChI=1S/C17H22N2O/c1-15-5-12-6-16(2,9-15)11-17(7-12,10-15)14(20)13-8-18-3-4-19-13/h3-4,8,12H,5-7,9-11H2,1-2H3. The van der Waals surface area contributed by atoms with Crippen LogP contribution in [0.4, 0.5) is 0 Å². The molecule has 20 heavy (non-hydrogen) atoms. The molecular formula is C17H22N2O. The minimum absolute atomic E-state index is 0.154. The number of hydrogen-bond donors (Lipinski definition) is 0. The van der Waals surface area contributed by atoms with E-state index in [1.807, 2.05) is 0 Å². The normalized spacial score (nSPS) is 45.6. The molecule has 2 atom stereocenters. The Balaban J connectivity index is 1.76. The number of rotatable bonds is 2. The van der Waals surface area contributed by atoms with Crippen LogP contribution >= 0.6 is 0 Å². The van der Waals surface area contributed by atoms with Crippen molar-refractivity contribution in [1.29, 1.82) is 0 Å². The Labute approximate surface area is 120 Å². The molecule has 4 fully saturated rings. The Bertz CT molecular complexity index is 550. The number of carbonyl (C=O) groups excluding carboxylic acids is 1. The second-order valence-electron chi connectivity index (χ2n) is 8.33. The molecule has 0 N–H and O–H groups in total. The van der Waals surface area contributed by atoms with Crippen molar-refractivity contribution in [1.82, 2.24) is 9.97 Å². The maximum atomic E-state index is 13.1. The van der Waals surface area contributed by atoms with Gasteiger partial charge >= 0.3 is 0 Å². The molecule has 2 unspecified atom stereocenters. The highest BCUT2D eigenvalue weighted by atomic mass is 16.1. The van der Waals surface area contributed by atoms with E-state index in [0.29, 0.717) is 16.5 Å². The first kappa shape index (κ1) is 12.5. The fraction of sp³-hybridized carbons (Fsp3) is 0.706. The zero-order valence-electron chi connectivity index (χ0n) is 12.4. The van der Waals surface area contributed by atoms with E-state index in [1.54, 1.807) is 18.6 Å². The predicted octanol–water partition coefficient (Wildman–Crippen LogP) is 3.66. The molecule has 4 aliphatic rings. The van der Waals surface area contributed by atoms with Crippen LogP contribution in [0.15, 0.2) is 18.6 Å². The average Bonchev–Trinajstić information content (AvgIpc) is 2.34. The summed E-state index contributed by atoms with van der Waals surface area (Å²) < 4.78 is 0. The van der Waals surface area contributed by atoms with Gasteiger partial charge in [0.2, 0.25) is 0 Å². The van der Waals surface area contributed by atoms with E-state index in [-0.39, 0.29) is 11.2 Å². The maximum Gasteiger partial charge on any atom is 0.188 e. The molecule has 106 valence electrons. The van der Waals surface area contributed by atoms with Crippen molar-refractivity contribution < 1.29 is 4.79 Å². The van der Waals surface area contributed by atoms with Crippen molar-refractivity contribution in [3.63, 3.8) is 0 Å². The lowest BCUT2D eigenvalue weighted by Gasteiger charge is -2.64. The predicted molar refractivity (Wildman–Crippen MR) is 76.2 cm³/mol. The van der Waals surface area contributed by atoms with Gasteiger partial charge in [-0.05, 0) is 55.3 Å². The Morgan fingerprint density at radius 1 is 1.10 bits per heavy atom. The number of aromatic nitrogens is 2. The van der Waals surface area contributed by atoms with E-state index in [9.17, 15) is 4.79 Å². The monoisotopic (exact) mass is 270 g/mol. The van der Waals surface area contributed by atoms with Gasteiger partial charge in [0, 0.05) is 17.8 Å². The molecule has 4 saturated carbocycles. The van der Waals surface area contributed by atoms with E-state index in [0.717, 1.165) is 25.2 Å². The molecule has 1 heterocycles.